The van der Waals surface area contributed by atoms with Crippen LogP contribution >= 0.6 is 0 Å². The molecule has 0 radical (unpaired) electrons. The van der Waals surface area contributed by atoms with Crippen molar-refractivity contribution in [2.75, 3.05) is 0 Å². The molecule has 108 valence electrons. The molecule has 4 nitrogen and oxygen atoms in total. The van der Waals surface area contributed by atoms with Gasteiger partial charge in [0.2, 0.25) is 11.8 Å². The lowest BCUT2D eigenvalue weighted by Crippen LogP contribution is -2.56. The molecule has 0 aromatic heterocycles. The van der Waals surface area contributed by atoms with Crippen molar-refractivity contribution in [3.63, 3.8) is 0 Å². The molecule has 2 N–H and O–H groups in total. The highest BCUT2D eigenvalue weighted by molar-refractivity contribution is 6.00. The van der Waals surface area contributed by atoms with Gasteiger partial charge in [0.1, 0.15) is 0 Å². The minimum atomic E-state index is -0.186. The molecule has 1 aliphatic heterocycles. The molecule has 1 heterocycles. The molecule has 19 heavy (non-hydrogen) atoms. The third-order valence-corrected chi connectivity index (χ3v) is 4.68. The molecule has 4 heteroatoms. The fraction of sp³-hybridized carbons (Fsp3) is 0.867. The molecule has 2 amide bonds. The van der Waals surface area contributed by atoms with Crippen LogP contribution in [-0.2, 0) is 9.59 Å². The summed E-state index contributed by atoms with van der Waals surface area (Å²) in [4.78, 5) is 23.0. The van der Waals surface area contributed by atoms with Crippen LogP contribution in [0.1, 0.15) is 52.9 Å². The molecular formula is C15H26N2O2. The molecule has 1 saturated heterocycles. The number of imide groups is 1. The maximum Gasteiger partial charge on any atom is 0.243 e. The Hall–Kier alpha value is -0.900. The predicted octanol–water partition coefficient (Wildman–Crippen LogP) is 1.84. The van der Waals surface area contributed by atoms with E-state index >= 15 is 0 Å². The van der Waals surface area contributed by atoms with Gasteiger partial charge < -0.3 is 5.32 Å². The molecule has 2 rings (SSSR count). The minimum absolute atomic E-state index is 0.138. The summed E-state index contributed by atoms with van der Waals surface area (Å²) in [6.07, 6.45) is 4.76. The van der Waals surface area contributed by atoms with Gasteiger partial charge in [0.05, 0.1) is 6.04 Å². The van der Waals surface area contributed by atoms with Crippen LogP contribution in [0.25, 0.3) is 0 Å². The number of piperidine rings is 1. The Bertz CT molecular complexity index is 354. The number of amides is 2. The number of carbonyl (C=O) groups is 2. The van der Waals surface area contributed by atoms with Crippen molar-refractivity contribution >= 4 is 11.8 Å². The number of hydrogen-bond donors (Lipinski definition) is 2. The van der Waals surface area contributed by atoms with E-state index in [4.69, 9.17) is 0 Å². The van der Waals surface area contributed by atoms with E-state index in [1.54, 1.807) is 0 Å². The molecule has 0 aromatic rings. The largest absolute Gasteiger partial charge is 0.303 e. The highest BCUT2D eigenvalue weighted by Gasteiger charge is 2.35. The fourth-order valence-corrected chi connectivity index (χ4v) is 3.50. The molecule has 2 aliphatic rings. The van der Waals surface area contributed by atoms with Crippen molar-refractivity contribution in [3.8, 4) is 0 Å². The maximum absolute atomic E-state index is 11.8. The average molecular weight is 266 g/mol. The third kappa shape index (κ3) is 3.56. The van der Waals surface area contributed by atoms with Crippen LogP contribution in [0.2, 0.25) is 0 Å². The average Bonchev–Trinajstić information content (AvgIpc) is 2.32. The second-order valence-corrected chi connectivity index (χ2v) is 6.60. The fourth-order valence-electron chi connectivity index (χ4n) is 3.50. The van der Waals surface area contributed by atoms with E-state index in [0.29, 0.717) is 30.7 Å². The molecule has 2 fully saturated rings. The van der Waals surface area contributed by atoms with Crippen LogP contribution in [0.5, 0.6) is 0 Å². The Balaban J connectivity index is 1.98. The number of rotatable bonds is 3. The zero-order chi connectivity index (χ0) is 14.0. The third-order valence-electron chi connectivity index (χ3n) is 4.68. The quantitative estimate of drug-likeness (QED) is 0.766. The van der Waals surface area contributed by atoms with Crippen LogP contribution in [-0.4, -0.2) is 23.9 Å². The van der Waals surface area contributed by atoms with Crippen LogP contribution in [0.15, 0.2) is 0 Å². The van der Waals surface area contributed by atoms with E-state index in [1.807, 2.05) is 0 Å². The van der Waals surface area contributed by atoms with Crippen molar-refractivity contribution in [3.05, 3.63) is 0 Å². The highest BCUT2D eigenvalue weighted by atomic mass is 16.2. The lowest BCUT2D eigenvalue weighted by Gasteiger charge is -2.40. The Morgan fingerprint density at radius 3 is 2.58 bits per heavy atom. The van der Waals surface area contributed by atoms with Crippen molar-refractivity contribution in [1.82, 2.24) is 10.6 Å². The molecule has 4 atom stereocenters. The topological polar surface area (TPSA) is 58.2 Å². The van der Waals surface area contributed by atoms with Gasteiger partial charge in [0, 0.05) is 12.5 Å². The summed E-state index contributed by atoms with van der Waals surface area (Å²) < 4.78 is 0. The van der Waals surface area contributed by atoms with Crippen molar-refractivity contribution in [2.24, 2.45) is 17.8 Å². The zero-order valence-corrected chi connectivity index (χ0v) is 12.2. The van der Waals surface area contributed by atoms with E-state index < -0.39 is 0 Å². The van der Waals surface area contributed by atoms with Crippen molar-refractivity contribution in [2.45, 2.75) is 65.0 Å². The van der Waals surface area contributed by atoms with Crippen LogP contribution in [0.3, 0.4) is 0 Å². The number of carbonyl (C=O) groups excluding carboxylic acids is 2. The van der Waals surface area contributed by atoms with E-state index in [1.165, 1.54) is 12.8 Å². The second-order valence-electron chi connectivity index (χ2n) is 6.60. The summed E-state index contributed by atoms with van der Waals surface area (Å²) in [7, 11) is 0. The Morgan fingerprint density at radius 1 is 1.21 bits per heavy atom. The summed E-state index contributed by atoms with van der Waals surface area (Å²) >= 11 is 0. The lowest BCUT2D eigenvalue weighted by atomic mass is 9.73. The molecule has 0 spiro atoms. The standard InChI is InChI=1S/C15H26N2O2/c1-9(2)11-5-4-10(3)8-13(11)16-12-6-7-14(18)17-15(12)19/h9-13,16H,4-8H2,1-3H3,(H,17,18,19). The Labute approximate surface area is 115 Å². The normalized spacial score (nSPS) is 36.4. The number of hydrogen-bond acceptors (Lipinski definition) is 3. The first-order valence-electron chi connectivity index (χ1n) is 7.57. The summed E-state index contributed by atoms with van der Waals surface area (Å²) in [6.45, 7) is 6.81. The summed E-state index contributed by atoms with van der Waals surface area (Å²) in [5.74, 6) is 1.72. The van der Waals surface area contributed by atoms with Crippen molar-refractivity contribution in [1.29, 1.82) is 0 Å². The predicted molar refractivity (Wildman–Crippen MR) is 74.4 cm³/mol. The van der Waals surface area contributed by atoms with Gasteiger partial charge in [-0.05, 0) is 37.0 Å². The smallest absolute Gasteiger partial charge is 0.243 e. The Morgan fingerprint density at radius 2 is 1.95 bits per heavy atom. The van der Waals surface area contributed by atoms with Gasteiger partial charge in [0.25, 0.3) is 0 Å². The first-order chi connectivity index (χ1) is 8.97. The summed E-state index contributed by atoms with van der Waals surface area (Å²) in [5.41, 5.74) is 0. The molecule has 4 unspecified atom stereocenters. The SMILES string of the molecule is CC1CCC(C(C)C)C(NC2CCC(=O)NC2=O)C1. The molecule has 1 aliphatic carbocycles. The molecule has 0 bridgehead atoms. The second kappa shape index (κ2) is 6.04. The van der Waals surface area contributed by atoms with Gasteiger partial charge in [-0.3, -0.25) is 14.9 Å². The Kier molecular flexibility index (Phi) is 4.61. The van der Waals surface area contributed by atoms with E-state index in [-0.39, 0.29) is 17.9 Å². The maximum atomic E-state index is 11.8. The summed E-state index contributed by atoms with van der Waals surface area (Å²) in [5, 5.41) is 5.96. The van der Waals surface area contributed by atoms with Gasteiger partial charge in [-0.2, -0.15) is 0 Å². The van der Waals surface area contributed by atoms with Crippen LogP contribution in [0, 0.1) is 17.8 Å². The monoisotopic (exact) mass is 266 g/mol. The van der Waals surface area contributed by atoms with Gasteiger partial charge in [0.15, 0.2) is 0 Å². The van der Waals surface area contributed by atoms with E-state index in [9.17, 15) is 9.59 Å². The molecular weight excluding hydrogens is 240 g/mol. The minimum Gasteiger partial charge on any atom is -0.303 e. The lowest BCUT2D eigenvalue weighted by molar-refractivity contribution is -0.135. The molecule has 1 saturated carbocycles. The molecule has 0 aromatic carbocycles. The highest BCUT2D eigenvalue weighted by Crippen LogP contribution is 2.33. The number of nitrogens with one attached hydrogen (secondary N) is 2. The van der Waals surface area contributed by atoms with E-state index in [2.05, 4.69) is 31.4 Å². The van der Waals surface area contributed by atoms with Gasteiger partial charge in [-0.25, -0.2) is 0 Å². The summed E-state index contributed by atoms with van der Waals surface area (Å²) in [6, 6.07) is 0.224. The van der Waals surface area contributed by atoms with Crippen molar-refractivity contribution < 1.29 is 9.59 Å². The van der Waals surface area contributed by atoms with E-state index in [0.717, 1.165) is 12.3 Å². The first-order valence-corrected chi connectivity index (χ1v) is 7.57. The van der Waals surface area contributed by atoms with Gasteiger partial charge >= 0.3 is 0 Å². The zero-order valence-electron chi connectivity index (χ0n) is 12.2. The van der Waals surface area contributed by atoms with Crippen LogP contribution in [0.4, 0.5) is 0 Å². The van der Waals surface area contributed by atoms with Crippen LogP contribution < -0.4 is 10.6 Å². The van der Waals surface area contributed by atoms with Gasteiger partial charge in [-0.1, -0.05) is 27.2 Å². The first kappa shape index (κ1) is 14.5. The van der Waals surface area contributed by atoms with Gasteiger partial charge in [-0.15, -0.1) is 0 Å².